The zero-order chi connectivity index (χ0) is 10.4. The van der Waals surface area contributed by atoms with E-state index >= 15 is 0 Å². The first-order valence-electron chi connectivity index (χ1n) is 5.06. The molecule has 0 aliphatic rings. The lowest BCUT2D eigenvalue weighted by atomic mass is 10.0. The van der Waals surface area contributed by atoms with Crippen LogP contribution >= 0.6 is 11.3 Å². The molecule has 0 aliphatic heterocycles. The van der Waals surface area contributed by atoms with Crippen molar-refractivity contribution in [2.75, 3.05) is 13.7 Å². The molecule has 0 amide bonds. The average Bonchev–Trinajstić information content (AvgIpc) is 2.69. The minimum atomic E-state index is 0.305. The molecular weight excluding hydrogens is 194 g/mol. The maximum Gasteiger partial charge on any atom is 0.0561 e. The number of hydrogen-bond donors (Lipinski definition) is 1. The van der Waals surface area contributed by atoms with Crippen LogP contribution in [0.5, 0.6) is 0 Å². The average molecular weight is 213 g/mol. The summed E-state index contributed by atoms with van der Waals surface area (Å²) < 4.78 is 5.29. The van der Waals surface area contributed by atoms with Gasteiger partial charge in [0.05, 0.1) is 6.10 Å². The smallest absolute Gasteiger partial charge is 0.0561 e. The van der Waals surface area contributed by atoms with Crippen molar-refractivity contribution in [2.24, 2.45) is 0 Å². The van der Waals surface area contributed by atoms with Crippen LogP contribution in [0, 0.1) is 0 Å². The summed E-state index contributed by atoms with van der Waals surface area (Å²) >= 11 is 1.75. The molecule has 1 aromatic rings. The highest BCUT2D eigenvalue weighted by molar-refractivity contribution is 7.07. The van der Waals surface area contributed by atoms with Crippen LogP contribution in [0.4, 0.5) is 0 Å². The van der Waals surface area contributed by atoms with Crippen molar-refractivity contribution >= 4 is 11.3 Å². The van der Waals surface area contributed by atoms with E-state index in [0.29, 0.717) is 12.1 Å². The van der Waals surface area contributed by atoms with E-state index in [1.165, 1.54) is 5.56 Å². The molecule has 0 fully saturated rings. The van der Waals surface area contributed by atoms with Crippen molar-refractivity contribution in [1.29, 1.82) is 0 Å². The summed E-state index contributed by atoms with van der Waals surface area (Å²) in [6.07, 6.45) is 1.33. The van der Waals surface area contributed by atoms with E-state index in [-0.39, 0.29) is 0 Å². The van der Waals surface area contributed by atoms with E-state index in [0.717, 1.165) is 13.0 Å². The third-order valence-corrected chi connectivity index (χ3v) is 3.07. The number of thiophene rings is 1. The molecule has 3 heteroatoms. The zero-order valence-electron chi connectivity index (χ0n) is 9.12. The van der Waals surface area contributed by atoms with Gasteiger partial charge in [0.25, 0.3) is 0 Å². The van der Waals surface area contributed by atoms with Gasteiger partial charge in [-0.15, -0.1) is 0 Å². The predicted octanol–water partition coefficient (Wildman–Crippen LogP) is 2.82. The standard InChI is InChI=1S/C11H19NOS/c1-4-12-11(7-9(2)13-3)10-5-6-14-8-10/h5-6,8-9,11-12H,4,7H2,1-3H3. The van der Waals surface area contributed by atoms with Gasteiger partial charge >= 0.3 is 0 Å². The van der Waals surface area contributed by atoms with Gasteiger partial charge in [-0.1, -0.05) is 6.92 Å². The van der Waals surface area contributed by atoms with E-state index in [9.17, 15) is 0 Å². The second kappa shape index (κ2) is 6.17. The minimum absolute atomic E-state index is 0.305. The predicted molar refractivity (Wildman–Crippen MR) is 61.8 cm³/mol. The second-order valence-corrected chi connectivity index (χ2v) is 4.23. The molecule has 1 N–H and O–H groups in total. The molecule has 80 valence electrons. The Morgan fingerprint density at radius 2 is 2.36 bits per heavy atom. The van der Waals surface area contributed by atoms with E-state index in [1.54, 1.807) is 18.4 Å². The molecule has 2 nitrogen and oxygen atoms in total. The Morgan fingerprint density at radius 1 is 1.57 bits per heavy atom. The first-order chi connectivity index (χ1) is 6.77. The number of methoxy groups -OCH3 is 1. The summed E-state index contributed by atoms with van der Waals surface area (Å²) in [5, 5.41) is 7.80. The van der Waals surface area contributed by atoms with Crippen molar-refractivity contribution in [3.8, 4) is 0 Å². The van der Waals surface area contributed by atoms with Crippen molar-refractivity contribution in [1.82, 2.24) is 5.32 Å². The largest absolute Gasteiger partial charge is 0.382 e. The van der Waals surface area contributed by atoms with Crippen LogP contribution in [0.25, 0.3) is 0 Å². The summed E-state index contributed by atoms with van der Waals surface area (Å²) in [6.45, 7) is 5.24. The lowest BCUT2D eigenvalue weighted by molar-refractivity contribution is 0.101. The highest BCUT2D eigenvalue weighted by atomic mass is 32.1. The molecular formula is C11H19NOS. The second-order valence-electron chi connectivity index (χ2n) is 3.45. The van der Waals surface area contributed by atoms with Gasteiger partial charge in [-0.25, -0.2) is 0 Å². The summed E-state index contributed by atoms with van der Waals surface area (Å²) in [6, 6.07) is 2.61. The van der Waals surface area contributed by atoms with Crippen LogP contribution in [-0.2, 0) is 4.74 Å². The van der Waals surface area contributed by atoms with Crippen LogP contribution < -0.4 is 5.32 Å². The lowest BCUT2D eigenvalue weighted by Gasteiger charge is -2.20. The molecule has 14 heavy (non-hydrogen) atoms. The molecule has 1 aromatic heterocycles. The van der Waals surface area contributed by atoms with Gasteiger partial charge in [-0.2, -0.15) is 11.3 Å². The molecule has 2 atom stereocenters. The maximum absolute atomic E-state index is 5.29. The van der Waals surface area contributed by atoms with Gasteiger partial charge in [0, 0.05) is 13.2 Å². The molecule has 0 radical (unpaired) electrons. The minimum Gasteiger partial charge on any atom is -0.382 e. The van der Waals surface area contributed by atoms with Crippen LogP contribution in [0.2, 0.25) is 0 Å². The summed E-state index contributed by atoms with van der Waals surface area (Å²) in [5.74, 6) is 0. The van der Waals surface area contributed by atoms with Crippen LogP contribution in [0.3, 0.4) is 0 Å². The Hall–Kier alpha value is -0.380. The molecule has 0 saturated heterocycles. The molecule has 0 bridgehead atoms. The topological polar surface area (TPSA) is 21.3 Å². The fourth-order valence-corrected chi connectivity index (χ4v) is 2.20. The number of ether oxygens (including phenoxy) is 1. The molecule has 0 saturated carbocycles. The van der Waals surface area contributed by atoms with Gasteiger partial charge in [0.2, 0.25) is 0 Å². The Balaban J connectivity index is 2.55. The third-order valence-electron chi connectivity index (χ3n) is 2.37. The first-order valence-corrected chi connectivity index (χ1v) is 6.00. The van der Waals surface area contributed by atoms with Gasteiger partial charge in [-0.05, 0) is 42.3 Å². The van der Waals surface area contributed by atoms with Crippen molar-refractivity contribution < 1.29 is 4.74 Å². The van der Waals surface area contributed by atoms with Crippen molar-refractivity contribution in [3.63, 3.8) is 0 Å². The first kappa shape index (κ1) is 11.7. The highest BCUT2D eigenvalue weighted by Gasteiger charge is 2.13. The molecule has 1 heterocycles. The van der Waals surface area contributed by atoms with E-state index in [2.05, 4.69) is 36.0 Å². The lowest BCUT2D eigenvalue weighted by Crippen LogP contribution is -2.24. The SMILES string of the molecule is CCNC(CC(C)OC)c1ccsc1. The fourth-order valence-electron chi connectivity index (χ4n) is 1.49. The molecule has 0 aliphatic carbocycles. The van der Waals surface area contributed by atoms with Gasteiger partial charge < -0.3 is 10.1 Å². The Kier molecular flexibility index (Phi) is 5.15. The van der Waals surface area contributed by atoms with Gasteiger partial charge in [-0.3, -0.25) is 0 Å². The molecule has 0 aromatic carbocycles. The van der Waals surface area contributed by atoms with Crippen molar-refractivity contribution in [2.45, 2.75) is 32.4 Å². The van der Waals surface area contributed by atoms with Crippen LogP contribution in [0.1, 0.15) is 31.9 Å². The summed E-state index contributed by atoms with van der Waals surface area (Å²) in [5.41, 5.74) is 1.38. The van der Waals surface area contributed by atoms with Crippen LogP contribution in [-0.4, -0.2) is 19.8 Å². The molecule has 0 spiro atoms. The van der Waals surface area contributed by atoms with Gasteiger partial charge in [0.15, 0.2) is 0 Å². The van der Waals surface area contributed by atoms with E-state index in [1.807, 2.05) is 0 Å². The normalized spacial score (nSPS) is 15.4. The third kappa shape index (κ3) is 3.40. The Labute approximate surface area is 90.3 Å². The monoisotopic (exact) mass is 213 g/mol. The zero-order valence-corrected chi connectivity index (χ0v) is 9.93. The number of nitrogens with one attached hydrogen (secondary N) is 1. The van der Waals surface area contributed by atoms with Crippen LogP contribution in [0.15, 0.2) is 16.8 Å². The van der Waals surface area contributed by atoms with E-state index < -0.39 is 0 Å². The number of hydrogen-bond acceptors (Lipinski definition) is 3. The quantitative estimate of drug-likeness (QED) is 0.784. The Bertz CT molecular complexity index is 235. The highest BCUT2D eigenvalue weighted by Crippen LogP contribution is 2.21. The van der Waals surface area contributed by atoms with Crippen molar-refractivity contribution in [3.05, 3.63) is 22.4 Å². The Morgan fingerprint density at radius 3 is 2.86 bits per heavy atom. The molecule has 1 rings (SSSR count). The molecule has 2 unspecified atom stereocenters. The summed E-state index contributed by atoms with van der Waals surface area (Å²) in [4.78, 5) is 0. The summed E-state index contributed by atoms with van der Waals surface area (Å²) in [7, 11) is 1.77. The fraction of sp³-hybridized carbons (Fsp3) is 0.636. The van der Waals surface area contributed by atoms with E-state index in [4.69, 9.17) is 4.74 Å². The number of rotatable bonds is 6. The van der Waals surface area contributed by atoms with Gasteiger partial charge in [0.1, 0.15) is 0 Å². The maximum atomic E-state index is 5.29.